The zero-order valence-corrected chi connectivity index (χ0v) is 12.4. The maximum absolute atomic E-state index is 12.1. The smallest absolute Gasteiger partial charge is 0.186 e. The van der Waals surface area contributed by atoms with Gasteiger partial charge in [0, 0.05) is 12.1 Å². The summed E-state index contributed by atoms with van der Waals surface area (Å²) in [5.41, 5.74) is -0.0532. The number of carbonyl (C=O) groups is 1. The van der Waals surface area contributed by atoms with Gasteiger partial charge in [0.25, 0.3) is 0 Å². The molecule has 1 saturated heterocycles. The van der Waals surface area contributed by atoms with Crippen LogP contribution in [0.2, 0.25) is 0 Å². The van der Waals surface area contributed by atoms with Crippen LogP contribution >= 0.6 is 27.3 Å². The second-order valence-electron chi connectivity index (χ2n) is 4.81. The first-order valence-electron chi connectivity index (χ1n) is 5.60. The van der Waals surface area contributed by atoms with Crippen LogP contribution in [0.5, 0.6) is 0 Å². The monoisotopic (exact) mass is 317 g/mol. The SMILES string of the molecule is CC1(C)COCCN1CC(=O)c1ccc(Br)s1. The van der Waals surface area contributed by atoms with Crippen LogP contribution in [0.3, 0.4) is 0 Å². The van der Waals surface area contributed by atoms with E-state index in [4.69, 9.17) is 4.74 Å². The van der Waals surface area contributed by atoms with Crippen LogP contribution < -0.4 is 0 Å². The van der Waals surface area contributed by atoms with Crippen molar-refractivity contribution in [2.24, 2.45) is 0 Å². The van der Waals surface area contributed by atoms with Crippen molar-refractivity contribution in [1.29, 1.82) is 0 Å². The van der Waals surface area contributed by atoms with Gasteiger partial charge < -0.3 is 4.74 Å². The highest BCUT2D eigenvalue weighted by molar-refractivity contribution is 9.11. The molecule has 0 atom stereocenters. The first-order valence-corrected chi connectivity index (χ1v) is 7.21. The number of nitrogens with zero attached hydrogens (tertiary/aromatic N) is 1. The molecule has 3 nitrogen and oxygen atoms in total. The summed E-state index contributed by atoms with van der Waals surface area (Å²) >= 11 is 4.87. The van der Waals surface area contributed by atoms with Crippen molar-refractivity contribution in [2.45, 2.75) is 19.4 Å². The molecule has 1 aliphatic rings. The van der Waals surface area contributed by atoms with Gasteiger partial charge in [0.15, 0.2) is 5.78 Å². The lowest BCUT2D eigenvalue weighted by molar-refractivity contribution is -0.0466. The fourth-order valence-corrected chi connectivity index (χ4v) is 3.22. The fourth-order valence-electron chi connectivity index (χ4n) is 1.90. The second kappa shape index (κ2) is 5.18. The molecule has 2 rings (SSSR count). The average molecular weight is 318 g/mol. The van der Waals surface area contributed by atoms with E-state index in [1.54, 1.807) is 0 Å². The number of morpholine rings is 1. The number of Topliss-reactive ketones (excluding diaryl/α,β-unsaturated/α-hetero) is 1. The first-order chi connectivity index (χ1) is 7.99. The van der Waals surface area contributed by atoms with Crippen LogP contribution in [0.1, 0.15) is 23.5 Å². The van der Waals surface area contributed by atoms with E-state index in [9.17, 15) is 4.79 Å². The molecular weight excluding hydrogens is 302 g/mol. The van der Waals surface area contributed by atoms with Crippen LogP contribution in [0, 0.1) is 0 Å². The molecule has 0 aliphatic carbocycles. The Morgan fingerprint density at radius 2 is 2.35 bits per heavy atom. The van der Waals surface area contributed by atoms with E-state index in [0.29, 0.717) is 19.8 Å². The number of ketones is 1. The van der Waals surface area contributed by atoms with Crippen molar-refractivity contribution in [3.05, 3.63) is 20.8 Å². The van der Waals surface area contributed by atoms with E-state index in [2.05, 4.69) is 34.7 Å². The van der Waals surface area contributed by atoms with Crippen molar-refractivity contribution in [3.8, 4) is 0 Å². The van der Waals surface area contributed by atoms with Crippen molar-refractivity contribution in [3.63, 3.8) is 0 Å². The topological polar surface area (TPSA) is 29.5 Å². The van der Waals surface area contributed by atoms with Gasteiger partial charge in [0.05, 0.1) is 28.4 Å². The Morgan fingerprint density at radius 3 is 2.94 bits per heavy atom. The lowest BCUT2D eigenvalue weighted by Crippen LogP contribution is -2.54. The Hall–Kier alpha value is -0.230. The molecule has 1 aromatic heterocycles. The number of hydrogen-bond donors (Lipinski definition) is 0. The highest BCUT2D eigenvalue weighted by atomic mass is 79.9. The van der Waals surface area contributed by atoms with Crippen molar-refractivity contribution >= 4 is 33.0 Å². The zero-order chi connectivity index (χ0) is 12.5. The Bertz CT molecular complexity index is 416. The highest BCUT2D eigenvalue weighted by Crippen LogP contribution is 2.24. The van der Waals surface area contributed by atoms with Crippen molar-refractivity contribution < 1.29 is 9.53 Å². The van der Waals surface area contributed by atoms with Gasteiger partial charge in [-0.1, -0.05) is 0 Å². The quantitative estimate of drug-likeness (QED) is 0.803. The Morgan fingerprint density at radius 1 is 1.59 bits per heavy atom. The predicted octanol–water partition coefficient (Wildman–Crippen LogP) is 2.80. The minimum absolute atomic E-state index is 0.0532. The van der Waals surface area contributed by atoms with Crippen LogP contribution in [0.25, 0.3) is 0 Å². The van der Waals surface area contributed by atoms with Gasteiger partial charge in [-0.05, 0) is 41.9 Å². The highest BCUT2D eigenvalue weighted by Gasteiger charge is 2.32. The number of halogens is 1. The van der Waals surface area contributed by atoms with Gasteiger partial charge in [-0.15, -0.1) is 11.3 Å². The molecule has 0 bridgehead atoms. The van der Waals surface area contributed by atoms with E-state index in [0.717, 1.165) is 15.2 Å². The van der Waals surface area contributed by atoms with Crippen molar-refractivity contribution in [2.75, 3.05) is 26.3 Å². The average Bonchev–Trinajstić information content (AvgIpc) is 2.68. The third kappa shape index (κ3) is 3.16. The standard InChI is InChI=1S/C12H16BrNO2S/c1-12(2)8-16-6-5-14(12)7-9(15)10-3-4-11(13)17-10/h3-4H,5-8H2,1-2H3. The summed E-state index contributed by atoms with van der Waals surface area (Å²) in [5, 5.41) is 0. The van der Waals surface area contributed by atoms with Gasteiger partial charge in [0.1, 0.15) is 0 Å². The number of carbonyl (C=O) groups excluding carboxylic acids is 1. The molecule has 1 aromatic rings. The molecule has 94 valence electrons. The summed E-state index contributed by atoms with van der Waals surface area (Å²) in [4.78, 5) is 15.1. The third-order valence-corrected chi connectivity index (χ3v) is 4.66. The molecule has 0 amide bonds. The molecule has 1 fully saturated rings. The zero-order valence-electron chi connectivity index (χ0n) is 10.0. The minimum Gasteiger partial charge on any atom is -0.378 e. The van der Waals surface area contributed by atoms with E-state index < -0.39 is 0 Å². The number of hydrogen-bond acceptors (Lipinski definition) is 4. The van der Waals surface area contributed by atoms with Gasteiger partial charge >= 0.3 is 0 Å². The summed E-state index contributed by atoms with van der Waals surface area (Å²) in [5.74, 6) is 0.190. The predicted molar refractivity (Wildman–Crippen MR) is 72.8 cm³/mol. The van der Waals surface area contributed by atoms with E-state index in [1.807, 2.05) is 12.1 Å². The summed E-state index contributed by atoms with van der Waals surface area (Å²) in [7, 11) is 0. The van der Waals surface area contributed by atoms with Gasteiger partial charge in [-0.25, -0.2) is 0 Å². The van der Waals surface area contributed by atoms with Crippen molar-refractivity contribution in [1.82, 2.24) is 4.90 Å². The Labute approximate surface area is 114 Å². The molecule has 0 N–H and O–H groups in total. The van der Waals surface area contributed by atoms with E-state index in [-0.39, 0.29) is 11.3 Å². The van der Waals surface area contributed by atoms with E-state index in [1.165, 1.54) is 11.3 Å². The Balaban J connectivity index is 2.03. The largest absolute Gasteiger partial charge is 0.378 e. The molecule has 5 heteroatoms. The second-order valence-corrected chi connectivity index (χ2v) is 7.28. The molecular formula is C12H16BrNO2S. The molecule has 0 spiro atoms. The van der Waals surface area contributed by atoms with Crippen LogP contribution in [-0.4, -0.2) is 42.5 Å². The normalized spacial score (nSPS) is 20.4. The van der Waals surface area contributed by atoms with Crippen LogP contribution in [0.4, 0.5) is 0 Å². The first kappa shape index (κ1) is 13.2. The Kier molecular flexibility index (Phi) is 4.02. The summed E-state index contributed by atoms with van der Waals surface area (Å²) in [6, 6.07) is 3.80. The summed E-state index contributed by atoms with van der Waals surface area (Å²) in [6.07, 6.45) is 0. The fraction of sp³-hybridized carbons (Fsp3) is 0.583. The molecule has 1 aliphatic heterocycles. The molecule has 0 unspecified atom stereocenters. The lowest BCUT2D eigenvalue weighted by atomic mass is 10.0. The summed E-state index contributed by atoms with van der Waals surface area (Å²) in [6.45, 7) is 6.93. The van der Waals surface area contributed by atoms with Gasteiger partial charge in [0.2, 0.25) is 0 Å². The molecule has 17 heavy (non-hydrogen) atoms. The minimum atomic E-state index is -0.0532. The van der Waals surface area contributed by atoms with Crippen LogP contribution in [-0.2, 0) is 4.74 Å². The molecule has 0 saturated carbocycles. The number of thiophene rings is 1. The maximum atomic E-state index is 12.1. The lowest BCUT2D eigenvalue weighted by Gasteiger charge is -2.41. The molecule has 2 heterocycles. The van der Waals surface area contributed by atoms with E-state index >= 15 is 0 Å². The molecule has 0 radical (unpaired) electrons. The van der Waals surface area contributed by atoms with Crippen LogP contribution in [0.15, 0.2) is 15.9 Å². The van der Waals surface area contributed by atoms with Gasteiger partial charge in [-0.3, -0.25) is 9.69 Å². The summed E-state index contributed by atoms with van der Waals surface area (Å²) < 4.78 is 6.45. The number of rotatable bonds is 3. The molecule has 0 aromatic carbocycles. The van der Waals surface area contributed by atoms with Gasteiger partial charge in [-0.2, -0.15) is 0 Å². The maximum Gasteiger partial charge on any atom is 0.186 e. The number of ether oxygens (including phenoxy) is 1. The third-order valence-electron chi connectivity index (χ3n) is 3.00.